The molecule has 1 aliphatic rings. The van der Waals surface area contributed by atoms with Crippen molar-refractivity contribution in [2.75, 3.05) is 0 Å². The summed E-state index contributed by atoms with van der Waals surface area (Å²) >= 11 is 0. The van der Waals surface area contributed by atoms with Crippen molar-refractivity contribution in [3.8, 4) is 0 Å². The minimum absolute atomic E-state index is 0.192. The molecule has 0 unspecified atom stereocenters. The van der Waals surface area contributed by atoms with Gasteiger partial charge < -0.3 is 0 Å². The lowest BCUT2D eigenvalue weighted by Crippen LogP contribution is -2.32. The normalized spacial score (nSPS) is 25.5. The van der Waals surface area contributed by atoms with Gasteiger partial charge in [-0.15, -0.1) is 0 Å². The number of aryl methyl sites for hydroxylation is 1. The summed E-state index contributed by atoms with van der Waals surface area (Å²) in [7, 11) is 0. The predicted octanol–water partition coefficient (Wildman–Crippen LogP) is 1.30. The van der Waals surface area contributed by atoms with Gasteiger partial charge in [-0.1, -0.05) is 29.8 Å². The molecule has 0 bridgehead atoms. The molecule has 3 nitrogen and oxygen atoms in total. The number of hydrogen-bond acceptors (Lipinski definition) is 2. The number of amides is 2. The van der Waals surface area contributed by atoms with Gasteiger partial charge in [0.05, 0.1) is 5.41 Å². The van der Waals surface area contributed by atoms with Crippen LogP contribution >= 0.6 is 0 Å². The Labute approximate surface area is 88.5 Å². The molecular weight excluding hydrogens is 190 g/mol. The van der Waals surface area contributed by atoms with Crippen LogP contribution in [0.2, 0.25) is 0 Å². The topological polar surface area (TPSA) is 46.2 Å². The van der Waals surface area contributed by atoms with E-state index in [0.717, 1.165) is 11.1 Å². The average molecular weight is 203 g/mol. The zero-order valence-corrected chi connectivity index (χ0v) is 8.83. The second-order valence-corrected chi connectivity index (χ2v) is 4.25. The van der Waals surface area contributed by atoms with Crippen molar-refractivity contribution in [1.82, 2.24) is 5.32 Å². The first-order valence-electron chi connectivity index (χ1n) is 4.94. The summed E-state index contributed by atoms with van der Waals surface area (Å²) in [6.45, 7) is 3.80. The summed E-state index contributed by atoms with van der Waals surface area (Å²) in [6.07, 6.45) is 0.245. The molecular formula is C12H13NO2. The Hall–Kier alpha value is -1.64. The Kier molecular flexibility index (Phi) is 2.11. The largest absolute Gasteiger partial charge is 0.296 e. The van der Waals surface area contributed by atoms with E-state index in [1.807, 2.05) is 31.2 Å². The fourth-order valence-corrected chi connectivity index (χ4v) is 1.86. The molecule has 1 fully saturated rings. The van der Waals surface area contributed by atoms with Crippen molar-refractivity contribution in [2.24, 2.45) is 0 Å². The molecule has 3 heteroatoms. The van der Waals surface area contributed by atoms with E-state index in [0.29, 0.717) is 0 Å². The van der Waals surface area contributed by atoms with Crippen LogP contribution < -0.4 is 5.32 Å². The molecule has 2 amide bonds. The van der Waals surface area contributed by atoms with Crippen molar-refractivity contribution in [3.05, 3.63) is 35.4 Å². The van der Waals surface area contributed by atoms with Gasteiger partial charge in [0.15, 0.2) is 0 Å². The number of hydrogen-bond donors (Lipinski definition) is 1. The highest BCUT2D eigenvalue weighted by Gasteiger charge is 2.43. The average Bonchev–Trinajstić information content (AvgIpc) is 2.42. The highest BCUT2D eigenvalue weighted by atomic mass is 16.2. The van der Waals surface area contributed by atoms with Crippen molar-refractivity contribution >= 4 is 11.8 Å². The molecule has 0 radical (unpaired) electrons. The summed E-state index contributed by atoms with van der Waals surface area (Å²) in [5, 5.41) is 2.34. The molecule has 1 N–H and O–H groups in total. The van der Waals surface area contributed by atoms with Gasteiger partial charge in [0.2, 0.25) is 11.8 Å². The van der Waals surface area contributed by atoms with E-state index < -0.39 is 5.41 Å². The highest BCUT2D eigenvalue weighted by molar-refractivity contribution is 6.08. The predicted molar refractivity (Wildman–Crippen MR) is 56.3 cm³/mol. The minimum atomic E-state index is -0.690. The fourth-order valence-electron chi connectivity index (χ4n) is 1.86. The molecule has 1 aliphatic heterocycles. The van der Waals surface area contributed by atoms with E-state index in [2.05, 4.69) is 5.32 Å². The summed E-state index contributed by atoms with van der Waals surface area (Å²) in [5.74, 6) is -0.389. The van der Waals surface area contributed by atoms with Crippen molar-refractivity contribution < 1.29 is 9.59 Å². The summed E-state index contributed by atoms with van der Waals surface area (Å²) in [5.41, 5.74) is 1.36. The third-order valence-electron chi connectivity index (χ3n) is 2.96. The van der Waals surface area contributed by atoms with Gasteiger partial charge in [0.25, 0.3) is 0 Å². The second kappa shape index (κ2) is 3.19. The zero-order valence-electron chi connectivity index (χ0n) is 8.83. The van der Waals surface area contributed by atoms with Crippen molar-refractivity contribution in [1.29, 1.82) is 0 Å². The first kappa shape index (κ1) is 9.90. The Morgan fingerprint density at radius 1 is 1.20 bits per heavy atom. The summed E-state index contributed by atoms with van der Waals surface area (Å²) < 4.78 is 0. The Morgan fingerprint density at radius 2 is 1.80 bits per heavy atom. The first-order chi connectivity index (χ1) is 7.02. The molecule has 1 atom stereocenters. The van der Waals surface area contributed by atoms with Gasteiger partial charge >= 0.3 is 0 Å². The van der Waals surface area contributed by atoms with E-state index >= 15 is 0 Å². The number of benzene rings is 1. The molecule has 1 heterocycles. The zero-order chi connectivity index (χ0) is 11.1. The van der Waals surface area contributed by atoms with Gasteiger partial charge in [-0.25, -0.2) is 0 Å². The van der Waals surface area contributed by atoms with E-state index in [4.69, 9.17) is 0 Å². The quantitative estimate of drug-likeness (QED) is 0.699. The lowest BCUT2D eigenvalue weighted by Gasteiger charge is -2.19. The highest BCUT2D eigenvalue weighted by Crippen LogP contribution is 2.31. The molecule has 0 spiro atoms. The van der Waals surface area contributed by atoms with Crippen LogP contribution in [0, 0.1) is 6.92 Å². The van der Waals surface area contributed by atoms with Gasteiger partial charge in [0, 0.05) is 6.42 Å². The smallest absolute Gasteiger partial charge is 0.237 e. The van der Waals surface area contributed by atoms with Crippen LogP contribution in [0.1, 0.15) is 24.5 Å². The van der Waals surface area contributed by atoms with Crippen LogP contribution in [0.5, 0.6) is 0 Å². The van der Waals surface area contributed by atoms with Crippen LogP contribution in [-0.2, 0) is 15.0 Å². The minimum Gasteiger partial charge on any atom is -0.296 e. The van der Waals surface area contributed by atoms with Gasteiger partial charge in [-0.2, -0.15) is 0 Å². The maximum absolute atomic E-state index is 11.7. The van der Waals surface area contributed by atoms with Crippen LogP contribution in [0.15, 0.2) is 24.3 Å². The first-order valence-corrected chi connectivity index (χ1v) is 4.94. The van der Waals surface area contributed by atoms with Gasteiger partial charge in [-0.05, 0) is 19.4 Å². The van der Waals surface area contributed by atoms with Crippen LogP contribution in [0.3, 0.4) is 0 Å². The molecule has 15 heavy (non-hydrogen) atoms. The van der Waals surface area contributed by atoms with E-state index in [-0.39, 0.29) is 18.2 Å². The Bertz CT molecular complexity index is 422. The van der Waals surface area contributed by atoms with Crippen LogP contribution in [0.25, 0.3) is 0 Å². The van der Waals surface area contributed by atoms with Gasteiger partial charge in [-0.3, -0.25) is 14.9 Å². The number of nitrogens with one attached hydrogen (secondary N) is 1. The third kappa shape index (κ3) is 1.54. The maximum atomic E-state index is 11.7. The number of carbonyl (C=O) groups is 2. The molecule has 1 aromatic rings. The molecule has 0 aromatic heterocycles. The lowest BCUT2D eigenvalue weighted by atomic mass is 9.81. The van der Waals surface area contributed by atoms with Gasteiger partial charge in [0.1, 0.15) is 0 Å². The second-order valence-electron chi connectivity index (χ2n) is 4.25. The Balaban J connectivity index is 2.41. The molecule has 2 rings (SSSR count). The summed E-state index contributed by atoms with van der Waals surface area (Å²) in [4.78, 5) is 22.8. The molecule has 1 saturated heterocycles. The number of rotatable bonds is 1. The Morgan fingerprint density at radius 3 is 2.27 bits per heavy atom. The van der Waals surface area contributed by atoms with E-state index in [1.54, 1.807) is 6.92 Å². The third-order valence-corrected chi connectivity index (χ3v) is 2.96. The van der Waals surface area contributed by atoms with E-state index in [9.17, 15) is 9.59 Å². The summed E-state index contributed by atoms with van der Waals surface area (Å²) in [6, 6.07) is 7.73. The molecule has 0 aliphatic carbocycles. The molecule has 78 valence electrons. The lowest BCUT2D eigenvalue weighted by molar-refractivity contribution is -0.126. The maximum Gasteiger partial charge on any atom is 0.237 e. The number of imide groups is 1. The standard InChI is InChI=1S/C12H13NO2/c1-8-3-5-9(6-4-8)12(2)7-10(14)13-11(12)15/h3-6H,7H2,1-2H3,(H,13,14,15)/t12-/m0/s1. The van der Waals surface area contributed by atoms with Crippen molar-refractivity contribution in [3.63, 3.8) is 0 Å². The molecule has 0 saturated carbocycles. The number of carbonyl (C=O) groups excluding carboxylic acids is 2. The fraction of sp³-hybridized carbons (Fsp3) is 0.333. The van der Waals surface area contributed by atoms with Crippen LogP contribution in [-0.4, -0.2) is 11.8 Å². The van der Waals surface area contributed by atoms with E-state index in [1.165, 1.54) is 0 Å². The van der Waals surface area contributed by atoms with Crippen LogP contribution in [0.4, 0.5) is 0 Å². The monoisotopic (exact) mass is 203 g/mol. The SMILES string of the molecule is Cc1ccc([C@]2(C)CC(=O)NC2=O)cc1. The molecule has 1 aromatic carbocycles. The van der Waals surface area contributed by atoms with Crippen molar-refractivity contribution in [2.45, 2.75) is 25.7 Å².